The number of rotatable bonds is 4. The number of aliphatic imine (C=N–C) groups is 1. The summed E-state index contributed by atoms with van der Waals surface area (Å²) in [6.07, 6.45) is 5.37. The van der Waals surface area contributed by atoms with Crippen LogP contribution in [0.25, 0.3) is 10.9 Å². The van der Waals surface area contributed by atoms with E-state index < -0.39 is 0 Å². The van der Waals surface area contributed by atoms with Gasteiger partial charge in [0.05, 0.1) is 18.2 Å². The summed E-state index contributed by atoms with van der Waals surface area (Å²) in [4.78, 5) is 11.3. The SMILES string of the molecule is CN=C(NCCc1cccc2cccnc12)N1CCOC(C2CCCO2)C1. The molecule has 0 spiro atoms. The van der Waals surface area contributed by atoms with Crippen LogP contribution in [0.3, 0.4) is 0 Å². The Morgan fingerprint density at radius 1 is 1.22 bits per heavy atom. The van der Waals surface area contributed by atoms with Gasteiger partial charge in [-0.15, -0.1) is 0 Å². The highest BCUT2D eigenvalue weighted by Crippen LogP contribution is 2.21. The highest BCUT2D eigenvalue weighted by atomic mass is 16.5. The van der Waals surface area contributed by atoms with Crippen molar-refractivity contribution in [3.63, 3.8) is 0 Å². The van der Waals surface area contributed by atoms with Crippen molar-refractivity contribution in [3.8, 4) is 0 Å². The van der Waals surface area contributed by atoms with Crippen molar-refractivity contribution in [2.24, 2.45) is 4.99 Å². The third-order valence-electron chi connectivity index (χ3n) is 5.38. The second-order valence-corrected chi connectivity index (χ2v) is 7.12. The van der Waals surface area contributed by atoms with Gasteiger partial charge in [0.1, 0.15) is 6.10 Å². The van der Waals surface area contributed by atoms with Crippen LogP contribution in [0.5, 0.6) is 0 Å². The predicted molar refractivity (Wildman–Crippen MR) is 107 cm³/mol. The molecule has 2 saturated heterocycles. The number of nitrogens with zero attached hydrogens (tertiary/aromatic N) is 3. The fourth-order valence-corrected chi connectivity index (χ4v) is 4.00. The molecule has 0 aliphatic carbocycles. The van der Waals surface area contributed by atoms with E-state index in [1.807, 2.05) is 19.3 Å². The van der Waals surface area contributed by atoms with E-state index in [1.165, 1.54) is 10.9 Å². The normalized spacial score (nSPS) is 23.7. The maximum atomic E-state index is 5.95. The number of ether oxygens (including phenoxy) is 2. The predicted octanol–water partition coefficient (Wildman–Crippen LogP) is 2.23. The van der Waals surface area contributed by atoms with E-state index in [0.29, 0.717) is 0 Å². The smallest absolute Gasteiger partial charge is 0.193 e. The minimum atomic E-state index is 0.141. The standard InChI is InChI=1S/C21H28N4O2/c1-22-21(25-12-14-27-19(15-25)18-8-4-13-26-18)24-11-9-17-6-2-5-16-7-3-10-23-20(16)17/h2-3,5-7,10,18-19H,4,8-9,11-15H2,1H3,(H,22,24). The summed E-state index contributed by atoms with van der Waals surface area (Å²) < 4.78 is 11.8. The average molecular weight is 368 g/mol. The van der Waals surface area contributed by atoms with E-state index in [2.05, 4.69) is 44.5 Å². The Hall–Kier alpha value is -2.18. The molecule has 144 valence electrons. The summed E-state index contributed by atoms with van der Waals surface area (Å²) in [6, 6.07) is 10.5. The number of benzene rings is 1. The van der Waals surface area contributed by atoms with Crippen molar-refractivity contribution in [1.82, 2.24) is 15.2 Å². The van der Waals surface area contributed by atoms with Gasteiger partial charge >= 0.3 is 0 Å². The van der Waals surface area contributed by atoms with Crippen molar-refractivity contribution in [3.05, 3.63) is 42.1 Å². The minimum Gasteiger partial charge on any atom is -0.375 e. The first-order valence-corrected chi connectivity index (χ1v) is 9.86. The average Bonchev–Trinajstić information content (AvgIpc) is 3.26. The van der Waals surface area contributed by atoms with Crippen molar-refractivity contribution in [2.75, 3.05) is 39.9 Å². The first-order chi connectivity index (χ1) is 13.3. The number of hydrogen-bond donors (Lipinski definition) is 1. The van der Waals surface area contributed by atoms with Crippen LogP contribution in [-0.2, 0) is 15.9 Å². The molecule has 0 bridgehead atoms. The largest absolute Gasteiger partial charge is 0.375 e. The molecule has 2 aliphatic rings. The molecular formula is C21H28N4O2. The number of hydrogen-bond acceptors (Lipinski definition) is 4. The van der Waals surface area contributed by atoms with Crippen molar-refractivity contribution >= 4 is 16.9 Å². The fraction of sp³-hybridized carbons (Fsp3) is 0.524. The number of aromatic nitrogens is 1. The Morgan fingerprint density at radius 2 is 2.11 bits per heavy atom. The van der Waals surface area contributed by atoms with E-state index in [0.717, 1.165) is 63.6 Å². The van der Waals surface area contributed by atoms with Crippen LogP contribution in [0.2, 0.25) is 0 Å². The summed E-state index contributed by atoms with van der Waals surface area (Å²) in [5.41, 5.74) is 2.34. The van der Waals surface area contributed by atoms with Gasteiger partial charge in [0.25, 0.3) is 0 Å². The molecule has 2 aromatic rings. The number of guanidine groups is 1. The van der Waals surface area contributed by atoms with Crippen LogP contribution in [0.15, 0.2) is 41.5 Å². The molecule has 3 heterocycles. The van der Waals surface area contributed by atoms with Crippen LogP contribution in [0.1, 0.15) is 18.4 Å². The second-order valence-electron chi connectivity index (χ2n) is 7.12. The summed E-state index contributed by atoms with van der Waals surface area (Å²) in [5, 5.41) is 4.70. The lowest BCUT2D eigenvalue weighted by Gasteiger charge is -2.37. The van der Waals surface area contributed by atoms with Gasteiger partial charge in [-0.25, -0.2) is 0 Å². The van der Waals surface area contributed by atoms with Gasteiger partial charge in [-0.05, 0) is 30.9 Å². The third-order valence-corrected chi connectivity index (χ3v) is 5.38. The van der Waals surface area contributed by atoms with Gasteiger partial charge < -0.3 is 19.7 Å². The molecule has 2 atom stereocenters. The van der Waals surface area contributed by atoms with Gasteiger partial charge in [0.15, 0.2) is 5.96 Å². The molecule has 0 radical (unpaired) electrons. The Balaban J connectivity index is 1.35. The van der Waals surface area contributed by atoms with Gasteiger partial charge in [0.2, 0.25) is 0 Å². The van der Waals surface area contributed by atoms with Gasteiger partial charge in [-0.1, -0.05) is 24.3 Å². The quantitative estimate of drug-likeness (QED) is 0.662. The molecule has 0 amide bonds. The van der Waals surface area contributed by atoms with E-state index in [9.17, 15) is 0 Å². The molecule has 6 heteroatoms. The van der Waals surface area contributed by atoms with E-state index in [4.69, 9.17) is 9.47 Å². The number of pyridine rings is 1. The molecule has 1 N–H and O–H groups in total. The molecule has 6 nitrogen and oxygen atoms in total. The zero-order valence-corrected chi connectivity index (χ0v) is 15.9. The van der Waals surface area contributed by atoms with E-state index >= 15 is 0 Å². The maximum absolute atomic E-state index is 5.95. The second kappa shape index (κ2) is 8.67. The molecule has 1 aromatic carbocycles. The first-order valence-electron chi connectivity index (χ1n) is 9.86. The van der Waals surface area contributed by atoms with Crippen molar-refractivity contribution in [2.45, 2.75) is 31.5 Å². The highest BCUT2D eigenvalue weighted by Gasteiger charge is 2.32. The summed E-state index contributed by atoms with van der Waals surface area (Å²) in [6.45, 7) is 4.10. The lowest BCUT2D eigenvalue weighted by molar-refractivity contribution is -0.0816. The van der Waals surface area contributed by atoms with Gasteiger partial charge in [-0.2, -0.15) is 0 Å². The van der Waals surface area contributed by atoms with Crippen LogP contribution < -0.4 is 5.32 Å². The summed E-state index contributed by atoms with van der Waals surface area (Å²) in [5.74, 6) is 0.939. The van der Waals surface area contributed by atoms with E-state index in [1.54, 1.807) is 0 Å². The van der Waals surface area contributed by atoms with Crippen molar-refractivity contribution in [1.29, 1.82) is 0 Å². The van der Waals surface area contributed by atoms with E-state index in [-0.39, 0.29) is 12.2 Å². The number of para-hydroxylation sites is 1. The van der Waals surface area contributed by atoms with Crippen LogP contribution in [0, 0.1) is 0 Å². The Bertz CT molecular complexity index is 783. The van der Waals surface area contributed by atoms with Gasteiger partial charge in [0, 0.05) is 44.9 Å². The topological polar surface area (TPSA) is 59.0 Å². The number of fused-ring (bicyclic) bond motifs is 1. The molecule has 2 aliphatic heterocycles. The monoisotopic (exact) mass is 368 g/mol. The Labute approximate surface area is 160 Å². The molecule has 4 rings (SSSR count). The van der Waals surface area contributed by atoms with Crippen LogP contribution in [-0.4, -0.2) is 67.9 Å². The fourth-order valence-electron chi connectivity index (χ4n) is 4.00. The lowest BCUT2D eigenvalue weighted by atomic mass is 10.1. The molecule has 2 unspecified atom stereocenters. The maximum Gasteiger partial charge on any atom is 0.193 e. The zero-order valence-electron chi connectivity index (χ0n) is 15.9. The molecule has 0 saturated carbocycles. The number of nitrogens with one attached hydrogen (secondary N) is 1. The highest BCUT2D eigenvalue weighted by molar-refractivity contribution is 5.82. The zero-order chi connectivity index (χ0) is 18.5. The summed E-state index contributed by atoms with van der Waals surface area (Å²) in [7, 11) is 1.85. The Morgan fingerprint density at radius 3 is 2.96 bits per heavy atom. The minimum absolute atomic E-state index is 0.141. The molecule has 2 fully saturated rings. The van der Waals surface area contributed by atoms with Crippen LogP contribution in [0.4, 0.5) is 0 Å². The molecule has 27 heavy (non-hydrogen) atoms. The third kappa shape index (κ3) is 4.22. The molecular weight excluding hydrogens is 340 g/mol. The lowest BCUT2D eigenvalue weighted by Crippen LogP contribution is -2.53. The first kappa shape index (κ1) is 18.2. The van der Waals surface area contributed by atoms with Gasteiger partial charge in [-0.3, -0.25) is 9.98 Å². The number of morpholine rings is 1. The Kier molecular flexibility index (Phi) is 5.84. The molecule has 1 aromatic heterocycles. The van der Waals surface area contributed by atoms with Crippen LogP contribution >= 0.6 is 0 Å². The van der Waals surface area contributed by atoms with Crippen molar-refractivity contribution < 1.29 is 9.47 Å². The summed E-state index contributed by atoms with van der Waals surface area (Å²) >= 11 is 0.